The first-order chi connectivity index (χ1) is 15.3. The van der Waals surface area contributed by atoms with Crippen LogP contribution >= 0.6 is 15.9 Å². The molecule has 3 aromatic carbocycles. The minimum atomic E-state index is -4.28. The Morgan fingerprint density at radius 1 is 1.03 bits per heavy atom. The number of carbonyl (C=O) groups excluding carboxylic acids is 1. The second-order valence-corrected chi connectivity index (χ2v) is 10.3. The predicted octanol–water partition coefficient (Wildman–Crippen LogP) is 4.34. The number of ether oxygens (including phenoxy) is 1. The second kappa shape index (κ2) is 7.30. The summed E-state index contributed by atoms with van der Waals surface area (Å²) in [6, 6.07) is 20.4. The largest absolute Gasteiger partial charge is 0.427 e. The van der Waals surface area contributed by atoms with Crippen molar-refractivity contribution in [2.75, 3.05) is 4.31 Å². The third kappa shape index (κ3) is 2.87. The summed E-state index contributed by atoms with van der Waals surface area (Å²) >= 11 is 3.33. The van der Waals surface area contributed by atoms with Gasteiger partial charge in [-0.15, -0.1) is 0 Å². The van der Waals surface area contributed by atoms with Gasteiger partial charge in [-0.3, -0.25) is 0 Å². The molecule has 0 aromatic heterocycles. The quantitative estimate of drug-likeness (QED) is 0.528. The number of esters is 1. The molecular formula is C24H18BrNO5S. The van der Waals surface area contributed by atoms with Crippen LogP contribution in [0.4, 0.5) is 5.69 Å². The highest BCUT2D eigenvalue weighted by Crippen LogP contribution is 2.57. The number of hydrogen-bond acceptors (Lipinski definition) is 5. The maximum atomic E-state index is 14.1. The molecule has 2 aliphatic rings. The minimum Gasteiger partial charge on any atom is -0.427 e. The van der Waals surface area contributed by atoms with Gasteiger partial charge in [0.15, 0.2) is 0 Å². The zero-order chi connectivity index (χ0) is 22.7. The van der Waals surface area contributed by atoms with Crippen LogP contribution in [0.15, 0.2) is 88.2 Å². The van der Waals surface area contributed by atoms with Crippen molar-refractivity contribution in [2.24, 2.45) is 0 Å². The Hall–Kier alpha value is -2.94. The van der Waals surface area contributed by atoms with E-state index in [-0.39, 0.29) is 16.2 Å². The van der Waals surface area contributed by atoms with E-state index in [2.05, 4.69) is 15.9 Å². The number of hydrogen-bond donors (Lipinski definition) is 1. The van der Waals surface area contributed by atoms with Crippen molar-refractivity contribution >= 4 is 43.2 Å². The predicted molar refractivity (Wildman–Crippen MR) is 123 cm³/mol. The number of benzene rings is 3. The summed E-state index contributed by atoms with van der Waals surface area (Å²) in [5, 5.41) is 11.5. The Labute approximate surface area is 193 Å². The summed E-state index contributed by atoms with van der Waals surface area (Å²) in [6.45, 7) is 1.83. The van der Waals surface area contributed by atoms with Crippen molar-refractivity contribution in [1.82, 2.24) is 0 Å². The van der Waals surface area contributed by atoms with Crippen LogP contribution in [0.5, 0.6) is 0 Å². The van der Waals surface area contributed by atoms with E-state index in [1.165, 1.54) is 12.1 Å². The van der Waals surface area contributed by atoms with E-state index in [0.717, 1.165) is 9.87 Å². The lowest BCUT2D eigenvalue weighted by Gasteiger charge is -2.38. The molecule has 2 atom stereocenters. The van der Waals surface area contributed by atoms with Crippen LogP contribution in [0.2, 0.25) is 0 Å². The van der Waals surface area contributed by atoms with E-state index in [1.54, 1.807) is 60.7 Å². The zero-order valence-electron chi connectivity index (χ0n) is 16.9. The van der Waals surface area contributed by atoms with Crippen LogP contribution in [0.3, 0.4) is 0 Å². The maximum absolute atomic E-state index is 14.1. The van der Waals surface area contributed by atoms with Crippen LogP contribution in [0, 0.1) is 6.92 Å². The lowest BCUT2D eigenvalue weighted by atomic mass is 9.91. The molecule has 1 spiro atoms. The summed E-state index contributed by atoms with van der Waals surface area (Å²) in [7, 11) is -4.28. The Morgan fingerprint density at radius 2 is 1.72 bits per heavy atom. The molecular weight excluding hydrogens is 494 g/mol. The van der Waals surface area contributed by atoms with Crippen LogP contribution in [-0.2, 0) is 19.6 Å². The van der Waals surface area contributed by atoms with Gasteiger partial charge in [0.25, 0.3) is 15.7 Å². The summed E-state index contributed by atoms with van der Waals surface area (Å²) in [5.41, 5.74) is 0.319. The summed E-state index contributed by atoms with van der Waals surface area (Å²) in [6.07, 6.45) is -0.173. The van der Waals surface area contributed by atoms with E-state index < -0.39 is 27.8 Å². The molecule has 0 amide bonds. The van der Waals surface area contributed by atoms with Crippen molar-refractivity contribution in [2.45, 2.75) is 23.6 Å². The Bertz CT molecular complexity index is 1390. The van der Waals surface area contributed by atoms with Gasteiger partial charge in [-0.05, 0) is 52.2 Å². The lowest BCUT2D eigenvalue weighted by molar-refractivity contribution is -0.151. The fourth-order valence-corrected chi connectivity index (χ4v) is 7.01. The van der Waals surface area contributed by atoms with Gasteiger partial charge >= 0.3 is 5.97 Å². The number of carbonyl (C=O) groups is 1. The van der Waals surface area contributed by atoms with E-state index >= 15 is 0 Å². The molecule has 162 valence electrons. The van der Waals surface area contributed by atoms with Crippen molar-refractivity contribution in [1.29, 1.82) is 0 Å². The van der Waals surface area contributed by atoms with Crippen LogP contribution in [0.1, 0.15) is 22.8 Å². The highest BCUT2D eigenvalue weighted by molar-refractivity contribution is 9.10. The average Bonchev–Trinajstić information content (AvgIpc) is 3.23. The van der Waals surface area contributed by atoms with Gasteiger partial charge in [0.05, 0.1) is 5.69 Å². The number of nitrogens with zero attached hydrogens (tertiary/aromatic N) is 1. The van der Waals surface area contributed by atoms with Crippen LogP contribution in [0.25, 0.3) is 5.57 Å². The molecule has 0 saturated carbocycles. The zero-order valence-corrected chi connectivity index (χ0v) is 19.3. The van der Waals surface area contributed by atoms with Crippen molar-refractivity contribution in [3.63, 3.8) is 0 Å². The molecule has 3 aromatic rings. The van der Waals surface area contributed by atoms with Crippen molar-refractivity contribution in [3.05, 3.63) is 100 Å². The maximum Gasteiger partial charge on any atom is 0.333 e. The van der Waals surface area contributed by atoms with Gasteiger partial charge in [0, 0.05) is 21.7 Å². The SMILES string of the molecule is Cc1ccc2c(c1)N(S(=O)(=O)c1ccccc1Br)[C@@]1(OC(=O)C=C1c1ccccc1)[C@H]2O. The van der Waals surface area contributed by atoms with E-state index in [0.29, 0.717) is 15.6 Å². The molecule has 0 radical (unpaired) electrons. The van der Waals surface area contributed by atoms with E-state index in [1.807, 2.05) is 13.0 Å². The van der Waals surface area contributed by atoms with Gasteiger partial charge in [-0.25, -0.2) is 17.5 Å². The monoisotopic (exact) mass is 511 g/mol. The summed E-state index contributed by atoms with van der Waals surface area (Å²) in [4.78, 5) is 12.6. The number of sulfonamides is 1. The number of aliphatic hydroxyl groups is 1. The highest BCUT2D eigenvalue weighted by atomic mass is 79.9. The third-order valence-corrected chi connectivity index (χ3v) is 8.53. The molecule has 8 heteroatoms. The third-order valence-electron chi connectivity index (χ3n) is 5.72. The molecule has 32 heavy (non-hydrogen) atoms. The van der Waals surface area contributed by atoms with E-state index in [4.69, 9.17) is 4.74 Å². The smallest absolute Gasteiger partial charge is 0.333 e. The van der Waals surface area contributed by atoms with Gasteiger partial charge in [-0.2, -0.15) is 0 Å². The van der Waals surface area contributed by atoms with Gasteiger partial charge < -0.3 is 9.84 Å². The normalized spacial score (nSPS) is 22.1. The first-order valence-corrected chi connectivity index (χ1v) is 12.1. The topological polar surface area (TPSA) is 83.9 Å². The van der Waals surface area contributed by atoms with Crippen LogP contribution in [-0.4, -0.2) is 25.2 Å². The minimum absolute atomic E-state index is 0.00343. The Kier molecular flexibility index (Phi) is 4.77. The second-order valence-electron chi connectivity index (χ2n) is 7.71. The van der Waals surface area contributed by atoms with Gasteiger partial charge in [0.2, 0.25) is 0 Å². The molecule has 0 bridgehead atoms. The lowest BCUT2D eigenvalue weighted by Crippen LogP contribution is -2.53. The summed E-state index contributed by atoms with van der Waals surface area (Å²) in [5.74, 6) is -0.722. The number of rotatable bonds is 3. The number of halogens is 1. The Morgan fingerprint density at radius 3 is 2.44 bits per heavy atom. The number of aliphatic hydroxyl groups excluding tert-OH is 1. The molecule has 2 heterocycles. The molecule has 6 nitrogen and oxygen atoms in total. The average molecular weight is 512 g/mol. The number of anilines is 1. The summed E-state index contributed by atoms with van der Waals surface area (Å²) < 4.78 is 35.3. The number of aryl methyl sites for hydroxylation is 1. The molecule has 0 aliphatic carbocycles. The van der Waals surface area contributed by atoms with Gasteiger partial charge in [0.1, 0.15) is 11.0 Å². The molecule has 0 unspecified atom stereocenters. The highest BCUT2D eigenvalue weighted by Gasteiger charge is 2.64. The molecule has 0 saturated heterocycles. The molecule has 0 fully saturated rings. The van der Waals surface area contributed by atoms with E-state index in [9.17, 15) is 18.3 Å². The molecule has 2 aliphatic heterocycles. The molecule has 5 rings (SSSR count). The fourth-order valence-electron chi connectivity index (χ4n) is 4.34. The molecule has 1 N–H and O–H groups in total. The van der Waals surface area contributed by atoms with Crippen LogP contribution < -0.4 is 4.31 Å². The van der Waals surface area contributed by atoms with Crippen molar-refractivity contribution < 1.29 is 23.1 Å². The van der Waals surface area contributed by atoms with Crippen molar-refractivity contribution in [3.8, 4) is 0 Å². The Balaban J connectivity index is 1.84. The van der Waals surface area contributed by atoms with Gasteiger partial charge in [-0.1, -0.05) is 54.6 Å². The number of fused-ring (bicyclic) bond motifs is 1. The standard InChI is InChI=1S/C24H18BrNO5S/c1-15-11-12-17-20(13-15)26(32(29,30)21-10-6-5-9-19(21)25)24(23(17)28)18(14-22(27)31-24)16-7-3-2-4-8-16/h2-14,23,28H,1H3/t23-,24-/m0/s1. The first-order valence-electron chi connectivity index (χ1n) is 9.86. The first kappa shape index (κ1) is 20.9. The fraction of sp³-hybridized carbons (Fsp3) is 0.125.